The number of ether oxygens (including phenoxy) is 1. The summed E-state index contributed by atoms with van der Waals surface area (Å²) in [5.74, 6) is 0.272. The summed E-state index contributed by atoms with van der Waals surface area (Å²) in [6.07, 6.45) is 1.44. The van der Waals surface area contributed by atoms with Gasteiger partial charge in [-0.2, -0.15) is 20.5 Å². The average Bonchev–Trinajstić information content (AvgIpc) is 3.10. The third-order valence-electron chi connectivity index (χ3n) is 3.39. The largest absolute Gasteiger partial charge is 0.484 e. The standard InChI is InChI=1S/C18H17N5O2/c1-13-7-9-15(10-8-13)25-12-17(24)21-19-11-16-18(22-23-20-16)14-5-3-2-4-6-14/h2-11H,12H2,1H3,(H,21,24)(H,20,22,23)/b19-11+. The van der Waals surface area contributed by atoms with Gasteiger partial charge in [-0.05, 0) is 19.1 Å². The maximum atomic E-state index is 11.8. The van der Waals surface area contributed by atoms with Crippen molar-refractivity contribution in [3.63, 3.8) is 0 Å². The number of H-pyrrole nitrogens is 1. The van der Waals surface area contributed by atoms with Crippen LogP contribution in [0.2, 0.25) is 0 Å². The molecule has 3 rings (SSSR count). The van der Waals surface area contributed by atoms with E-state index in [9.17, 15) is 4.79 Å². The fourth-order valence-corrected chi connectivity index (χ4v) is 2.12. The summed E-state index contributed by atoms with van der Waals surface area (Å²) < 4.78 is 5.38. The number of rotatable bonds is 6. The first-order chi connectivity index (χ1) is 12.2. The molecule has 1 amide bonds. The molecule has 0 aliphatic heterocycles. The Morgan fingerprint density at radius 2 is 1.92 bits per heavy atom. The van der Waals surface area contributed by atoms with Gasteiger partial charge in [0, 0.05) is 5.56 Å². The summed E-state index contributed by atoms with van der Waals surface area (Å²) in [6, 6.07) is 17.0. The van der Waals surface area contributed by atoms with Gasteiger partial charge in [-0.15, -0.1) is 0 Å². The fourth-order valence-electron chi connectivity index (χ4n) is 2.12. The summed E-state index contributed by atoms with van der Waals surface area (Å²) in [6.45, 7) is 1.86. The van der Waals surface area contributed by atoms with Gasteiger partial charge in [0.05, 0.1) is 6.21 Å². The van der Waals surface area contributed by atoms with Gasteiger partial charge in [0.25, 0.3) is 5.91 Å². The predicted octanol–water partition coefficient (Wildman–Crippen LogP) is 2.31. The van der Waals surface area contributed by atoms with Gasteiger partial charge in [-0.1, -0.05) is 48.0 Å². The molecule has 0 radical (unpaired) electrons. The molecule has 1 heterocycles. The van der Waals surface area contributed by atoms with E-state index in [2.05, 4.69) is 25.9 Å². The van der Waals surface area contributed by atoms with Crippen molar-refractivity contribution in [1.29, 1.82) is 0 Å². The molecule has 2 aromatic carbocycles. The van der Waals surface area contributed by atoms with Crippen molar-refractivity contribution in [3.05, 3.63) is 65.9 Å². The maximum Gasteiger partial charge on any atom is 0.277 e. The van der Waals surface area contributed by atoms with Crippen LogP contribution in [0, 0.1) is 6.92 Å². The second-order valence-corrected chi connectivity index (χ2v) is 5.32. The Kier molecular flexibility index (Phi) is 5.16. The van der Waals surface area contributed by atoms with Crippen molar-refractivity contribution in [3.8, 4) is 17.0 Å². The van der Waals surface area contributed by atoms with E-state index < -0.39 is 0 Å². The second-order valence-electron chi connectivity index (χ2n) is 5.32. The van der Waals surface area contributed by atoms with E-state index in [1.54, 1.807) is 0 Å². The van der Waals surface area contributed by atoms with E-state index in [0.29, 0.717) is 17.1 Å². The molecule has 0 aliphatic carbocycles. The van der Waals surface area contributed by atoms with Crippen LogP contribution in [0.1, 0.15) is 11.3 Å². The number of aryl methyl sites for hydroxylation is 1. The van der Waals surface area contributed by atoms with Crippen molar-refractivity contribution in [2.45, 2.75) is 6.92 Å². The lowest BCUT2D eigenvalue weighted by atomic mass is 10.1. The highest BCUT2D eigenvalue weighted by Gasteiger charge is 2.08. The Labute approximate surface area is 144 Å². The predicted molar refractivity (Wildman–Crippen MR) is 94.2 cm³/mol. The van der Waals surface area contributed by atoms with Crippen LogP contribution >= 0.6 is 0 Å². The van der Waals surface area contributed by atoms with E-state index in [0.717, 1.165) is 11.1 Å². The summed E-state index contributed by atoms with van der Waals surface area (Å²) in [4.78, 5) is 11.8. The summed E-state index contributed by atoms with van der Waals surface area (Å²) in [5, 5.41) is 14.6. The molecule has 7 heteroatoms. The highest BCUT2D eigenvalue weighted by molar-refractivity contribution is 5.87. The first-order valence-electron chi connectivity index (χ1n) is 7.70. The lowest BCUT2D eigenvalue weighted by molar-refractivity contribution is -0.123. The van der Waals surface area contributed by atoms with Crippen LogP contribution in [-0.4, -0.2) is 34.1 Å². The molecule has 2 N–H and O–H groups in total. The van der Waals surface area contributed by atoms with Gasteiger partial charge in [0.15, 0.2) is 6.61 Å². The lowest BCUT2D eigenvalue weighted by Crippen LogP contribution is -2.24. The molecule has 1 aromatic heterocycles. The third kappa shape index (κ3) is 4.51. The molecule has 0 spiro atoms. The number of amides is 1. The third-order valence-corrected chi connectivity index (χ3v) is 3.39. The smallest absolute Gasteiger partial charge is 0.277 e. The molecule has 0 aliphatic rings. The van der Waals surface area contributed by atoms with Gasteiger partial charge in [-0.3, -0.25) is 4.79 Å². The summed E-state index contributed by atoms with van der Waals surface area (Å²) in [5.41, 5.74) is 5.64. The van der Waals surface area contributed by atoms with Gasteiger partial charge in [0.1, 0.15) is 17.1 Å². The number of benzene rings is 2. The first kappa shape index (κ1) is 16.4. The van der Waals surface area contributed by atoms with Crippen molar-refractivity contribution in [2.24, 2.45) is 5.10 Å². The fraction of sp³-hybridized carbons (Fsp3) is 0.111. The van der Waals surface area contributed by atoms with Crippen molar-refractivity contribution in [2.75, 3.05) is 6.61 Å². The Bertz CT molecular complexity index is 857. The molecule has 0 atom stereocenters. The van der Waals surface area contributed by atoms with Gasteiger partial charge in [-0.25, -0.2) is 5.43 Å². The normalized spacial score (nSPS) is 10.8. The molecule has 0 fully saturated rings. The van der Waals surface area contributed by atoms with Gasteiger partial charge >= 0.3 is 0 Å². The quantitative estimate of drug-likeness (QED) is 0.534. The Morgan fingerprint density at radius 1 is 1.16 bits per heavy atom. The maximum absolute atomic E-state index is 11.8. The van der Waals surface area contributed by atoms with Crippen molar-refractivity contribution >= 4 is 12.1 Å². The molecule has 7 nitrogen and oxygen atoms in total. The highest BCUT2D eigenvalue weighted by Crippen LogP contribution is 2.17. The van der Waals surface area contributed by atoms with Gasteiger partial charge in [0.2, 0.25) is 0 Å². The van der Waals surface area contributed by atoms with Crippen molar-refractivity contribution < 1.29 is 9.53 Å². The summed E-state index contributed by atoms with van der Waals surface area (Å²) >= 11 is 0. The number of nitrogens with zero attached hydrogens (tertiary/aromatic N) is 3. The molecule has 25 heavy (non-hydrogen) atoms. The molecular weight excluding hydrogens is 318 g/mol. The van der Waals surface area contributed by atoms with Crippen LogP contribution in [0.3, 0.4) is 0 Å². The van der Waals surface area contributed by atoms with E-state index in [1.807, 2.05) is 61.5 Å². The molecule has 0 unspecified atom stereocenters. The zero-order chi connectivity index (χ0) is 17.5. The minimum absolute atomic E-state index is 0.120. The number of hydrazone groups is 1. The number of carbonyl (C=O) groups is 1. The van der Waals surface area contributed by atoms with Crippen LogP contribution in [-0.2, 0) is 4.79 Å². The lowest BCUT2D eigenvalue weighted by Gasteiger charge is -2.04. The second kappa shape index (κ2) is 7.87. The minimum atomic E-state index is -0.360. The molecule has 0 saturated carbocycles. The molecular formula is C18H17N5O2. The number of hydrogen-bond donors (Lipinski definition) is 2. The highest BCUT2D eigenvalue weighted by atomic mass is 16.5. The Balaban J connectivity index is 1.54. The molecule has 3 aromatic rings. The van der Waals surface area contributed by atoms with E-state index >= 15 is 0 Å². The zero-order valence-electron chi connectivity index (χ0n) is 13.6. The topological polar surface area (TPSA) is 92.3 Å². The zero-order valence-corrected chi connectivity index (χ0v) is 13.6. The van der Waals surface area contributed by atoms with Crippen LogP contribution in [0.5, 0.6) is 5.75 Å². The Morgan fingerprint density at radius 3 is 2.68 bits per heavy atom. The number of aromatic nitrogens is 3. The van der Waals surface area contributed by atoms with Crippen LogP contribution in [0.25, 0.3) is 11.3 Å². The summed E-state index contributed by atoms with van der Waals surface area (Å²) in [7, 11) is 0. The minimum Gasteiger partial charge on any atom is -0.484 e. The molecule has 0 saturated heterocycles. The SMILES string of the molecule is Cc1ccc(OCC(=O)N/N=C/c2n[nH]nc2-c2ccccc2)cc1. The first-order valence-corrected chi connectivity index (χ1v) is 7.70. The van der Waals surface area contributed by atoms with Crippen LogP contribution < -0.4 is 10.2 Å². The van der Waals surface area contributed by atoms with E-state index in [4.69, 9.17) is 4.74 Å². The number of nitrogens with one attached hydrogen (secondary N) is 2. The molecule has 0 bridgehead atoms. The van der Waals surface area contributed by atoms with Crippen LogP contribution in [0.15, 0.2) is 59.7 Å². The number of carbonyl (C=O) groups excluding carboxylic acids is 1. The van der Waals surface area contributed by atoms with Gasteiger partial charge < -0.3 is 4.74 Å². The average molecular weight is 335 g/mol. The van der Waals surface area contributed by atoms with Crippen LogP contribution in [0.4, 0.5) is 0 Å². The van der Waals surface area contributed by atoms with E-state index in [1.165, 1.54) is 6.21 Å². The number of aromatic amines is 1. The molecule has 126 valence electrons. The van der Waals surface area contributed by atoms with E-state index in [-0.39, 0.29) is 12.5 Å². The Hall–Kier alpha value is -3.48. The monoisotopic (exact) mass is 335 g/mol. The number of hydrogen-bond acceptors (Lipinski definition) is 5. The van der Waals surface area contributed by atoms with Crippen molar-refractivity contribution in [1.82, 2.24) is 20.8 Å².